The predicted molar refractivity (Wildman–Crippen MR) is 94.4 cm³/mol. The molecular formula is C19H18N2O2S. The van der Waals surface area contributed by atoms with E-state index in [2.05, 4.69) is 23.2 Å². The molecule has 1 aromatic heterocycles. The zero-order chi connectivity index (χ0) is 16.9. The molecule has 2 aromatic rings. The van der Waals surface area contributed by atoms with Gasteiger partial charge in [-0.1, -0.05) is 30.4 Å². The lowest BCUT2D eigenvalue weighted by atomic mass is 9.98. The molecule has 0 radical (unpaired) electrons. The summed E-state index contributed by atoms with van der Waals surface area (Å²) in [6, 6.07) is 10.8. The third-order valence-electron chi connectivity index (χ3n) is 4.66. The van der Waals surface area contributed by atoms with E-state index in [4.69, 9.17) is 5.14 Å². The summed E-state index contributed by atoms with van der Waals surface area (Å²) >= 11 is 0. The highest BCUT2D eigenvalue weighted by molar-refractivity contribution is 7.89. The van der Waals surface area contributed by atoms with Crippen molar-refractivity contribution < 1.29 is 8.42 Å². The molecule has 2 aliphatic carbocycles. The molecule has 122 valence electrons. The zero-order valence-electron chi connectivity index (χ0n) is 13.4. The number of hydrogen-bond donors (Lipinski definition) is 1. The molecule has 1 spiro atoms. The molecule has 24 heavy (non-hydrogen) atoms. The zero-order valence-corrected chi connectivity index (χ0v) is 14.2. The fourth-order valence-corrected chi connectivity index (χ4v) is 3.62. The van der Waals surface area contributed by atoms with Gasteiger partial charge in [0.15, 0.2) is 0 Å². The van der Waals surface area contributed by atoms with Gasteiger partial charge in [0.1, 0.15) is 0 Å². The normalized spacial score (nSPS) is 18.4. The van der Waals surface area contributed by atoms with E-state index >= 15 is 0 Å². The maximum absolute atomic E-state index is 11.4. The maximum atomic E-state index is 11.4. The quantitative estimate of drug-likeness (QED) is 0.933. The van der Waals surface area contributed by atoms with Gasteiger partial charge in [-0.15, -0.1) is 0 Å². The Morgan fingerprint density at radius 3 is 2.21 bits per heavy atom. The van der Waals surface area contributed by atoms with Crippen LogP contribution in [0, 0.1) is 12.3 Å². The van der Waals surface area contributed by atoms with E-state index in [-0.39, 0.29) is 10.3 Å². The van der Waals surface area contributed by atoms with Crippen molar-refractivity contribution in [3.05, 3.63) is 71.6 Å². The molecule has 0 amide bonds. The second kappa shape index (κ2) is 5.13. The molecule has 0 bridgehead atoms. The first kappa shape index (κ1) is 15.3. The molecule has 2 N–H and O–H groups in total. The van der Waals surface area contributed by atoms with Gasteiger partial charge in [0.2, 0.25) is 10.0 Å². The average molecular weight is 338 g/mol. The molecule has 0 atom stereocenters. The van der Waals surface area contributed by atoms with Crippen molar-refractivity contribution in [2.45, 2.75) is 24.7 Å². The van der Waals surface area contributed by atoms with Crippen LogP contribution in [0.4, 0.5) is 0 Å². The number of rotatable bonds is 3. The van der Waals surface area contributed by atoms with Gasteiger partial charge in [-0.3, -0.25) is 4.98 Å². The first-order valence-electron chi connectivity index (χ1n) is 7.89. The van der Waals surface area contributed by atoms with Crippen molar-refractivity contribution in [3.63, 3.8) is 0 Å². The lowest BCUT2D eigenvalue weighted by molar-refractivity contribution is 0.598. The number of aryl methyl sites for hydroxylation is 1. The highest BCUT2D eigenvalue weighted by Crippen LogP contribution is 2.57. The van der Waals surface area contributed by atoms with E-state index in [1.165, 1.54) is 0 Å². The Labute approximate surface area is 141 Å². The predicted octanol–water partition coefficient (Wildman–Crippen LogP) is 3.30. The van der Waals surface area contributed by atoms with Crippen LogP contribution in [0.3, 0.4) is 0 Å². The number of aromatic nitrogens is 1. The number of nitrogens with zero attached hydrogens (tertiary/aromatic N) is 1. The van der Waals surface area contributed by atoms with Crippen molar-refractivity contribution in [1.82, 2.24) is 4.98 Å². The maximum Gasteiger partial charge on any atom is 0.238 e. The summed E-state index contributed by atoms with van der Waals surface area (Å²) in [5.41, 5.74) is 5.46. The molecule has 5 heteroatoms. The Bertz CT molecular complexity index is 965. The summed E-state index contributed by atoms with van der Waals surface area (Å²) < 4.78 is 22.9. The van der Waals surface area contributed by atoms with Crippen LogP contribution in [0.5, 0.6) is 0 Å². The smallest absolute Gasteiger partial charge is 0.238 e. The topological polar surface area (TPSA) is 73.1 Å². The van der Waals surface area contributed by atoms with Crippen molar-refractivity contribution in [2.75, 3.05) is 0 Å². The SMILES string of the molecule is Cc1ccc(C2=CC3(C=C2c2ccc(S(N)(=O)=O)cc2)CC3)nc1. The molecule has 0 saturated heterocycles. The van der Waals surface area contributed by atoms with Crippen LogP contribution in [0.2, 0.25) is 0 Å². The summed E-state index contributed by atoms with van der Waals surface area (Å²) in [6.45, 7) is 2.02. The van der Waals surface area contributed by atoms with E-state index in [9.17, 15) is 8.42 Å². The molecule has 4 rings (SSSR count). The molecule has 0 aliphatic heterocycles. The molecule has 1 saturated carbocycles. The number of nitrogens with two attached hydrogens (primary N) is 1. The minimum Gasteiger partial charge on any atom is -0.256 e. The van der Waals surface area contributed by atoms with Crippen LogP contribution in [-0.2, 0) is 10.0 Å². The molecule has 1 heterocycles. The second-order valence-electron chi connectivity index (χ2n) is 6.64. The van der Waals surface area contributed by atoms with Crippen LogP contribution in [-0.4, -0.2) is 13.4 Å². The lowest BCUT2D eigenvalue weighted by Crippen LogP contribution is -2.11. The Hall–Kier alpha value is -2.24. The number of sulfonamides is 1. The van der Waals surface area contributed by atoms with Gasteiger partial charge >= 0.3 is 0 Å². The van der Waals surface area contributed by atoms with Crippen LogP contribution < -0.4 is 5.14 Å². The van der Waals surface area contributed by atoms with Crippen molar-refractivity contribution in [3.8, 4) is 0 Å². The van der Waals surface area contributed by atoms with Crippen LogP contribution in [0.15, 0.2) is 59.6 Å². The number of benzene rings is 1. The highest BCUT2D eigenvalue weighted by atomic mass is 32.2. The number of hydrogen-bond acceptors (Lipinski definition) is 3. The molecule has 1 fully saturated rings. The highest BCUT2D eigenvalue weighted by Gasteiger charge is 2.43. The van der Waals surface area contributed by atoms with E-state index in [1.807, 2.05) is 31.3 Å². The van der Waals surface area contributed by atoms with Gasteiger partial charge < -0.3 is 0 Å². The number of allylic oxidation sites excluding steroid dienone is 4. The monoisotopic (exact) mass is 338 g/mol. The van der Waals surface area contributed by atoms with Gasteiger partial charge in [-0.05, 0) is 54.7 Å². The van der Waals surface area contributed by atoms with Crippen LogP contribution in [0.25, 0.3) is 11.1 Å². The van der Waals surface area contributed by atoms with E-state index < -0.39 is 10.0 Å². The Morgan fingerprint density at radius 2 is 1.67 bits per heavy atom. The lowest BCUT2D eigenvalue weighted by Gasteiger charge is -2.09. The Balaban J connectivity index is 1.76. The molecule has 1 aromatic carbocycles. The minimum absolute atomic E-state index is 0.130. The van der Waals surface area contributed by atoms with Crippen molar-refractivity contribution in [2.24, 2.45) is 10.6 Å². The van der Waals surface area contributed by atoms with E-state index in [0.717, 1.165) is 40.8 Å². The van der Waals surface area contributed by atoms with Gasteiger partial charge in [-0.2, -0.15) is 0 Å². The molecule has 4 nitrogen and oxygen atoms in total. The summed E-state index contributed by atoms with van der Waals surface area (Å²) in [4.78, 5) is 4.69. The average Bonchev–Trinajstić information content (AvgIpc) is 3.19. The Morgan fingerprint density at radius 1 is 1.00 bits per heavy atom. The fraction of sp³-hybridized carbons (Fsp3) is 0.211. The Kier molecular flexibility index (Phi) is 3.27. The minimum atomic E-state index is -3.67. The van der Waals surface area contributed by atoms with Crippen molar-refractivity contribution >= 4 is 21.2 Å². The van der Waals surface area contributed by atoms with Gasteiger partial charge in [0.25, 0.3) is 0 Å². The van der Waals surface area contributed by atoms with Crippen LogP contribution >= 0.6 is 0 Å². The number of pyridine rings is 1. The van der Waals surface area contributed by atoms with Gasteiger partial charge in [0.05, 0.1) is 10.6 Å². The summed E-state index contributed by atoms with van der Waals surface area (Å²) in [5, 5.41) is 5.18. The first-order chi connectivity index (χ1) is 11.4. The van der Waals surface area contributed by atoms with Crippen molar-refractivity contribution in [1.29, 1.82) is 0 Å². The summed E-state index contributed by atoms with van der Waals surface area (Å²) in [7, 11) is -3.67. The third kappa shape index (κ3) is 2.70. The van der Waals surface area contributed by atoms with E-state index in [1.54, 1.807) is 12.1 Å². The molecule has 0 unspecified atom stereocenters. The van der Waals surface area contributed by atoms with E-state index in [0.29, 0.717) is 0 Å². The molecule has 2 aliphatic rings. The summed E-state index contributed by atoms with van der Waals surface area (Å²) in [6.07, 6.45) is 8.77. The first-order valence-corrected chi connectivity index (χ1v) is 9.43. The number of primary sulfonamides is 1. The van der Waals surface area contributed by atoms with Crippen LogP contribution in [0.1, 0.15) is 29.7 Å². The van der Waals surface area contributed by atoms with Gasteiger partial charge in [0, 0.05) is 17.2 Å². The third-order valence-corrected chi connectivity index (χ3v) is 5.59. The largest absolute Gasteiger partial charge is 0.256 e. The van der Waals surface area contributed by atoms with Gasteiger partial charge in [-0.25, -0.2) is 13.6 Å². The standard InChI is InChI=1S/C19H18N2O2S/c1-13-2-7-18(21-12-13)17-11-19(8-9-19)10-16(17)14-3-5-15(6-4-14)24(20,22)23/h2-7,10-12H,8-9H2,1H3,(H2,20,22,23). The molecular weight excluding hydrogens is 320 g/mol. The fourth-order valence-electron chi connectivity index (χ4n) is 3.11. The summed E-state index contributed by atoms with van der Waals surface area (Å²) in [5.74, 6) is 0. The second-order valence-corrected chi connectivity index (χ2v) is 8.20.